The first-order valence-electron chi connectivity index (χ1n) is 6.45. The van der Waals surface area contributed by atoms with Crippen LogP contribution in [0.15, 0.2) is 18.2 Å². The predicted molar refractivity (Wildman–Crippen MR) is 75.7 cm³/mol. The summed E-state index contributed by atoms with van der Waals surface area (Å²) >= 11 is 0. The third-order valence-corrected chi connectivity index (χ3v) is 4.00. The van der Waals surface area contributed by atoms with Crippen molar-refractivity contribution in [2.24, 2.45) is 0 Å². The number of benzene rings is 1. The third-order valence-electron chi connectivity index (χ3n) is 4.00. The molecule has 6 heteroatoms. The van der Waals surface area contributed by atoms with Gasteiger partial charge in [0.15, 0.2) is 0 Å². The first kappa shape index (κ1) is 14.9. The lowest BCUT2D eigenvalue weighted by Gasteiger charge is -2.32. The van der Waals surface area contributed by atoms with E-state index in [1.54, 1.807) is 12.1 Å². The number of carboxylic acids is 1. The fraction of sp³-hybridized carbons (Fsp3) is 0.500. The van der Waals surface area contributed by atoms with Crippen LogP contribution in [-0.2, 0) is 9.31 Å². The molecule has 1 heterocycles. The summed E-state index contributed by atoms with van der Waals surface area (Å²) in [4.78, 5) is 11.4. The molecule has 1 saturated heterocycles. The van der Waals surface area contributed by atoms with Crippen LogP contribution in [0, 0.1) is 0 Å². The van der Waals surface area contributed by atoms with E-state index in [1.165, 1.54) is 13.2 Å². The number of carboxylic acid groups (broad SMARTS) is 1. The summed E-state index contributed by atoms with van der Waals surface area (Å²) in [5, 5.41) is 9.34. The number of aromatic carboxylic acids is 1. The summed E-state index contributed by atoms with van der Waals surface area (Å²) in [7, 11) is 0.798. The van der Waals surface area contributed by atoms with Crippen molar-refractivity contribution in [3.63, 3.8) is 0 Å². The molecule has 0 amide bonds. The van der Waals surface area contributed by atoms with Gasteiger partial charge >= 0.3 is 13.1 Å². The minimum absolute atomic E-state index is 0.128. The Kier molecular flexibility index (Phi) is 3.56. The first-order valence-corrected chi connectivity index (χ1v) is 6.45. The summed E-state index contributed by atoms with van der Waals surface area (Å²) in [6, 6.07) is 4.85. The van der Waals surface area contributed by atoms with Crippen molar-refractivity contribution in [3.05, 3.63) is 23.8 Å². The zero-order valence-corrected chi connectivity index (χ0v) is 12.4. The van der Waals surface area contributed by atoms with Gasteiger partial charge < -0.3 is 19.2 Å². The van der Waals surface area contributed by atoms with E-state index in [-0.39, 0.29) is 5.56 Å². The van der Waals surface area contributed by atoms with E-state index in [2.05, 4.69) is 0 Å². The van der Waals surface area contributed by atoms with Gasteiger partial charge in [0.1, 0.15) is 5.75 Å². The van der Waals surface area contributed by atoms with Gasteiger partial charge in [0, 0.05) is 0 Å². The highest BCUT2D eigenvalue weighted by molar-refractivity contribution is 6.63. The molecule has 1 aliphatic heterocycles. The number of hydrogen-bond donors (Lipinski definition) is 1. The number of carbonyl (C=O) groups is 1. The molecule has 0 unspecified atom stereocenters. The molecular weight excluding hydrogens is 259 g/mol. The molecule has 5 nitrogen and oxygen atoms in total. The second-order valence-corrected chi connectivity index (χ2v) is 5.85. The van der Waals surface area contributed by atoms with Gasteiger partial charge in [0.05, 0.1) is 23.9 Å². The zero-order chi connectivity index (χ0) is 15.1. The molecule has 20 heavy (non-hydrogen) atoms. The molecule has 2 rings (SSSR count). The largest absolute Gasteiger partial charge is 0.497 e. The third kappa shape index (κ3) is 2.41. The van der Waals surface area contributed by atoms with Crippen LogP contribution in [0.4, 0.5) is 0 Å². The molecule has 0 aromatic heterocycles. The van der Waals surface area contributed by atoms with E-state index in [0.29, 0.717) is 11.2 Å². The molecule has 0 bridgehead atoms. The predicted octanol–water partition coefficient (Wildman–Crippen LogP) is 1.69. The van der Waals surface area contributed by atoms with Crippen LogP contribution in [0.25, 0.3) is 0 Å². The van der Waals surface area contributed by atoms with Crippen molar-refractivity contribution in [1.82, 2.24) is 0 Å². The van der Waals surface area contributed by atoms with Gasteiger partial charge in [-0.05, 0) is 45.3 Å². The van der Waals surface area contributed by atoms with Crippen molar-refractivity contribution >= 4 is 18.6 Å². The van der Waals surface area contributed by atoms with Gasteiger partial charge in [-0.3, -0.25) is 0 Å². The zero-order valence-electron chi connectivity index (χ0n) is 12.4. The molecule has 1 aromatic carbocycles. The lowest BCUT2D eigenvalue weighted by molar-refractivity contribution is 0.00578. The number of rotatable bonds is 3. The topological polar surface area (TPSA) is 65.0 Å². The average molecular weight is 278 g/mol. The Bertz CT molecular complexity index is 522. The van der Waals surface area contributed by atoms with Crippen molar-refractivity contribution in [3.8, 4) is 5.75 Å². The second kappa shape index (κ2) is 4.79. The van der Waals surface area contributed by atoms with Crippen LogP contribution in [0.1, 0.15) is 38.1 Å². The highest BCUT2D eigenvalue weighted by atomic mass is 16.7. The summed E-state index contributed by atoms with van der Waals surface area (Å²) < 4.78 is 16.8. The molecule has 1 aliphatic rings. The van der Waals surface area contributed by atoms with Gasteiger partial charge in [-0.25, -0.2) is 4.79 Å². The van der Waals surface area contributed by atoms with Crippen LogP contribution in [0.3, 0.4) is 0 Å². The quantitative estimate of drug-likeness (QED) is 0.852. The van der Waals surface area contributed by atoms with Crippen molar-refractivity contribution in [2.45, 2.75) is 38.9 Å². The SMILES string of the molecule is COc1ccc(B2OC(C)(C)C(C)(C)O2)c(C(=O)O)c1. The summed E-state index contributed by atoms with van der Waals surface area (Å²) in [6.07, 6.45) is 0. The highest BCUT2D eigenvalue weighted by Crippen LogP contribution is 2.36. The van der Waals surface area contributed by atoms with Crippen LogP contribution in [0.2, 0.25) is 0 Å². The minimum Gasteiger partial charge on any atom is -0.497 e. The van der Waals surface area contributed by atoms with Crippen molar-refractivity contribution < 1.29 is 23.9 Å². The molecule has 1 N–H and O–H groups in total. The lowest BCUT2D eigenvalue weighted by atomic mass is 9.76. The van der Waals surface area contributed by atoms with Crippen molar-refractivity contribution in [1.29, 1.82) is 0 Å². The van der Waals surface area contributed by atoms with Gasteiger partial charge in [0.2, 0.25) is 0 Å². The minimum atomic E-state index is -1.03. The summed E-state index contributed by atoms with van der Waals surface area (Å²) in [5.74, 6) is -0.545. The molecule has 1 aromatic rings. The van der Waals surface area contributed by atoms with E-state index < -0.39 is 24.3 Å². The van der Waals surface area contributed by atoms with Gasteiger partial charge in [-0.1, -0.05) is 6.07 Å². The summed E-state index contributed by atoms with van der Waals surface area (Å²) in [6.45, 7) is 7.71. The highest BCUT2D eigenvalue weighted by Gasteiger charge is 2.52. The van der Waals surface area contributed by atoms with E-state index in [1.807, 2.05) is 27.7 Å². The van der Waals surface area contributed by atoms with Crippen LogP contribution < -0.4 is 10.2 Å². The molecule has 0 aliphatic carbocycles. The van der Waals surface area contributed by atoms with Crippen LogP contribution >= 0.6 is 0 Å². The smallest absolute Gasteiger partial charge is 0.495 e. The van der Waals surface area contributed by atoms with Crippen LogP contribution in [0.5, 0.6) is 5.75 Å². The maximum absolute atomic E-state index is 11.4. The van der Waals surface area contributed by atoms with E-state index in [9.17, 15) is 9.90 Å². The Morgan fingerprint density at radius 1 is 1.20 bits per heavy atom. The lowest BCUT2D eigenvalue weighted by Crippen LogP contribution is -2.41. The first-order chi connectivity index (χ1) is 9.18. The van der Waals surface area contributed by atoms with Crippen LogP contribution in [-0.4, -0.2) is 36.5 Å². The Hall–Kier alpha value is -1.53. The van der Waals surface area contributed by atoms with E-state index >= 15 is 0 Å². The maximum Gasteiger partial charge on any atom is 0.495 e. The standard InChI is InChI=1S/C14H19BO5/c1-13(2)14(3,4)20-15(19-13)11-7-6-9(18-5)8-10(11)12(16)17/h6-8H,1-5H3,(H,16,17). The Morgan fingerprint density at radius 2 is 1.75 bits per heavy atom. The Balaban J connectivity index is 2.42. The molecule has 1 fully saturated rings. The molecule has 0 saturated carbocycles. The number of hydrogen-bond acceptors (Lipinski definition) is 4. The second-order valence-electron chi connectivity index (χ2n) is 5.85. The van der Waals surface area contributed by atoms with E-state index in [4.69, 9.17) is 14.0 Å². The fourth-order valence-corrected chi connectivity index (χ4v) is 2.02. The summed E-state index contributed by atoms with van der Waals surface area (Å²) in [5.41, 5.74) is -0.388. The van der Waals surface area contributed by atoms with Gasteiger partial charge in [0.25, 0.3) is 0 Å². The molecule has 0 atom stereocenters. The molecule has 0 radical (unpaired) electrons. The number of methoxy groups -OCH3 is 1. The maximum atomic E-state index is 11.4. The van der Waals surface area contributed by atoms with Gasteiger partial charge in [-0.2, -0.15) is 0 Å². The monoisotopic (exact) mass is 278 g/mol. The Labute approximate surface area is 119 Å². The molecule has 108 valence electrons. The van der Waals surface area contributed by atoms with Gasteiger partial charge in [-0.15, -0.1) is 0 Å². The molecular formula is C14H19BO5. The van der Waals surface area contributed by atoms with Crippen molar-refractivity contribution in [2.75, 3.05) is 7.11 Å². The fourth-order valence-electron chi connectivity index (χ4n) is 2.02. The molecule has 0 spiro atoms. The van der Waals surface area contributed by atoms with E-state index in [0.717, 1.165) is 0 Å². The average Bonchev–Trinajstić information content (AvgIpc) is 2.57. The normalized spacial score (nSPS) is 19.9. The number of ether oxygens (including phenoxy) is 1. The Morgan fingerprint density at radius 3 is 2.20 bits per heavy atom.